The summed E-state index contributed by atoms with van der Waals surface area (Å²) >= 11 is 0. The second-order valence-corrected chi connectivity index (χ2v) is 3.06. The molecule has 0 aliphatic heterocycles. The van der Waals surface area contributed by atoms with Crippen LogP contribution in [-0.4, -0.2) is 30.3 Å². The number of carbonyl (C=O) groups excluding carboxylic acids is 1. The van der Waals surface area contributed by atoms with Gasteiger partial charge in [0.1, 0.15) is 0 Å². The minimum atomic E-state index is -0.0768. The third kappa shape index (κ3) is 5.09. The molecule has 3 N–H and O–H groups in total. The average Bonchev–Trinajstić information content (AvgIpc) is 2.00. The molecule has 0 aromatic carbocycles. The van der Waals surface area contributed by atoms with Crippen LogP contribution in [0.2, 0.25) is 0 Å². The fraction of sp³-hybridized carbons (Fsp3) is 0.875. The lowest BCUT2D eigenvalue weighted by Gasteiger charge is -2.16. The van der Waals surface area contributed by atoms with E-state index in [4.69, 9.17) is 5.11 Å². The molecule has 4 nitrogen and oxygen atoms in total. The molecule has 0 bridgehead atoms. The average molecular weight is 174 g/mol. The van der Waals surface area contributed by atoms with Crippen LogP contribution in [0.25, 0.3) is 0 Å². The molecule has 0 saturated heterocycles. The van der Waals surface area contributed by atoms with Crippen molar-refractivity contribution in [2.24, 2.45) is 5.92 Å². The predicted molar refractivity (Wildman–Crippen MR) is 47.5 cm³/mol. The fourth-order valence-electron chi connectivity index (χ4n) is 0.712. The first-order chi connectivity index (χ1) is 5.57. The van der Waals surface area contributed by atoms with Crippen LogP contribution >= 0.6 is 0 Å². The summed E-state index contributed by atoms with van der Waals surface area (Å²) in [5.74, 6) is 0.0244. The second kappa shape index (κ2) is 5.97. The van der Waals surface area contributed by atoms with E-state index >= 15 is 0 Å². The van der Waals surface area contributed by atoms with Crippen LogP contribution in [-0.2, 0) is 4.79 Å². The predicted octanol–water partition coefficient (Wildman–Crippen LogP) is -0.314. The van der Waals surface area contributed by atoms with E-state index in [1.54, 1.807) is 0 Å². The molecule has 0 fully saturated rings. The van der Waals surface area contributed by atoms with Gasteiger partial charge in [-0.25, -0.2) is 0 Å². The molecule has 72 valence electrons. The van der Waals surface area contributed by atoms with E-state index in [-0.39, 0.29) is 24.6 Å². The van der Waals surface area contributed by atoms with Crippen molar-refractivity contribution in [1.82, 2.24) is 10.6 Å². The number of aliphatic hydroxyl groups is 1. The summed E-state index contributed by atoms with van der Waals surface area (Å²) in [6.07, 6.45) is -0.0768. The fourth-order valence-corrected chi connectivity index (χ4v) is 0.712. The van der Waals surface area contributed by atoms with Crippen LogP contribution in [0.15, 0.2) is 0 Å². The van der Waals surface area contributed by atoms with Crippen molar-refractivity contribution in [3.63, 3.8) is 0 Å². The number of rotatable bonds is 5. The minimum absolute atomic E-state index is 0.00313. The Bertz CT molecular complexity index is 137. The zero-order valence-electron chi connectivity index (χ0n) is 7.92. The van der Waals surface area contributed by atoms with Gasteiger partial charge in [0.2, 0.25) is 5.91 Å². The van der Waals surface area contributed by atoms with Crippen LogP contribution in [0.3, 0.4) is 0 Å². The molecule has 0 heterocycles. The lowest BCUT2D eigenvalue weighted by Crippen LogP contribution is -2.45. The standard InChI is InChI=1S/C8H18N2O2/c1-6(2)8(12)10-7(3)9-4-5-11/h6-7,9,11H,4-5H2,1-3H3,(H,10,12). The van der Waals surface area contributed by atoms with Crippen molar-refractivity contribution in [2.45, 2.75) is 26.9 Å². The van der Waals surface area contributed by atoms with Gasteiger partial charge < -0.3 is 10.4 Å². The molecule has 12 heavy (non-hydrogen) atoms. The van der Waals surface area contributed by atoms with E-state index in [1.165, 1.54) is 0 Å². The molecular weight excluding hydrogens is 156 g/mol. The number of carbonyl (C=O) groups is 1. The van der Waals surface area contributed by atoms with E-state index in [0.29, 0.717) is 6.54 Å². The number of nitrogens with one attached hydrogen (secondary N) is 2. The number of aliphatic hydroxyl groups excluding tert-OH is 1. The van der Waals surface area contributed by atoms with Gasteiger partial charge in [-0.15, -0.1) is 0 Å². The zero-order chi connectivity index (χ0) is 9.56. The maximum Gasteiger partial charge on any atom is 0.223 e. The molecule has 0 aliphatic carbocycles. The number of hydrogen-bond donors (Lipinski definition) is 3. The molecule has 0 rings (SSSR count). The molecule has 1 atom stereocenters. The summed E-state index contributed by atoms with van der Waals surface area (Å²) in [6.45, 7) is 6.11. The van der Waals surface area contributed by atoms with Crippen LogP contribution in [0, 0.1) is 5.92 Å². The van der Waals surface area contributed by atoms with Gasteiger partial charge in [-0.1, -0.05) is 13.8 Å². The van der Waals surface area contributed by atoms with Crippen molar-refractivity contribution in [3.8, 4) is 0 Å². The Morgan fingerprint density at radius 1 is 1.42 bits per heavy atom. The largest absolute Gasteiger partial charge is 0.395 e. The number of hydrogen-bond acceptors (Lipinski definition) is 3. The summed E-state index contributed by atoms with van der Waals surface area (Å²) < 4.78 is 0. The molecule has 1 amide bonds. The highest BCUT2D eigenvalue weighted by atomic mass is 16.3. The van der Waals surface area contributed by atoms with E-state index in [9.17, 15) is 4.79 Å². The Balaban J connectivity index is 3.54. The van der Waals surface area contributed by atoms with E-state index in [0.717, 1.165) is 0 Å². The smallest absolute Gasteiger partial charge is 0.223 e. The van der Waals surface area contributed by atoms with E-state index in [1.807, 2.05) is 20.8 Å². The molecule has 0 aliphatic rings. The van der Waals surface area contributed by atoms with Gasteiger partial charge in [-0.05, 0) is 6.92 Å². The quantitative estimate of drug-likeness (QED) is 0.501. The summed E-state index contributed by atoms with van der Waals surface area (Å²) in [7, 11) is 0. The summed E-state index contributed by atoms with van der Waals surface area (Å²) in [5.41, 5.74) is 0. The molecule has 0 spiro atoms. The summed E-state index contributed by atoms with van der Waals surface area (Å²) in [6, 6.07) is 0. The van der Waals surface area contributed by atoms with Gasteiger partial charge in [0, 0.05) is 12.5 Å². The highest BCUT2D eigenvalue weighted by Crippen LogP contribution is 1.90. The first-order valence-corrected chi connectivity index (χ1v) is 4.22. The molecule has 0 radical (unpaired) electrons. The van der Waals surface area contributed by atoms with Crippen molar-refractivity contribution >= 4 is 5.91 Å². The summed E-state index contributed by atoms with van der Waals surface area (Å²) in [4.78, 5) is 11.1. The first kappa shape index (κ1) is 11.4. The SMILES string of the molecule is CC(NCCO)NC(=O)C(C)C. The van der Waals surface area contributed by atoms with Crippen LogP contribution in [0.1, 0.15) is 20.8 Å². The maximum absolute atomic E-state index is 11.1. The van der Waals surface area contributed by atoms with E-state index < -0.39 is 0 Å². The van der Waals surface area contributed by atoms with Gasteiger partial charge >= 0.3 is 0 Å². The summed E-state index contributed by atoms with van der Waals surface area (Å²) in [5, 5.41) is 14.2. The Labute approximate surface area is 73.3 Å². The van der Waals surface area contributed by atoms with Crippen LogP contribution in [0.5, 0.6) is 0 Å². The lowest BCUT2D eigenvalue weighted by molar-refractivity contribution is -0.124. The van der Waals surface area contributed by atoms with E-state index in [2.05, 4.69) is 10.6 Å². The highest BCUT2D eigenvalue weighted by molar-refractivity contribution is 5.78. The molecule has 1 unspecified atom stereocenters. The zero-order valence-corrected chi connectivity index (χ0v) is 7.92. The molecule has 0 aromatic heterocycles. The third-order valence-corrected chi connectivity index (χ3v) is 1.45. The molecule has 4 heteroatoms. The van der Waals surface area contributed by atoms with Crippen molar-refractivity contribution < 1.29 is 9.90 Å². The van der Waals surface area contributed by atoms with Gasteiger partial charge in [0.25, 0.3) is 0 Å². The normalized spacial score (nSPS) is 13.1. The Morgan fingerprint density at radius 2 is 2.00 bits per heavy atom. The molecular formula is C8H18N2O2. The Kier molecular flexibility index (Phi) is 5.66. The lowest BCUT2D eigenvalue weighted by atomic mass is 10.2. The minimum Gasteiger partial charge on any atom is -0.395 e. The van der Waals surface area contributed by atoms with Crippen molar-refractivity contribution in [1.29, 1.82) is 0 Å². The second-order valence-electron chi connectivity index (χ2n) is 3.06. The Hall–Kier alpha value is -0.610. The third-order valence-electron chi connectivity index (χ3n) is 1.45. The molecule has 0 aromatic rings. The Morgan fingerprint density at radius 3 is 2.42 bits per heavy atom. The van der Waals surface area contributed by atoms with Gasteiger partial charge in [-0.3, -0.25) is 10.1 Å². The number of amides is 1. The van der Waals surface area contributed by atoms with Gasteiger partial charge in [0.15, 0.2) is 0 Å². The van der Waals surface area contributed by atoms with Gasteiger partial charge in [0.05, 0.1) is 12.8 Å². The van der Waals surface area contributed by atoms with Crippen molar-refractivity contribution in [3.05, 3.63) is 0 Å². The monoisotopic (exact) mass is 174 g/mol. The highest BCUT2D eigenvalue weighted by Gasteiger charge is 2.09. The first-order valence-electron chi connectivity index (χ1n) is 4.22. The topological polar surface area (TPSA) is 61.4 Å². The molecule has 0 saturated carbocycles. The maximum atomic E-state index is 11.1. The van der Waals surface area contributed by atoms with Crippen LogP contribution in [0.4, 0.5) is 0 Å². The van der Waals surface area contributed by atoms with Gasteiger partial charge in [-0.2, -0.15) is 0 Å². The van der Waals surface area contributed by atoms with Crippen LogP contribution < -0.4 is 10.6 Å². The van der Waals surface area contributed by atoms with Crippen molar-refractivity contribution in [2.75, 3.05) is 13.2 Å².